The SMILES string of the molecule is CCN1CCN(c2cc3[nH]c(C(=O)C4(C)CCC(NC(=O)OC)CC4)nc3cc2C)[C@H](C)C1. The van der Waals surface area contributed by atoms with Crippen molar-refractivity contribution in [3.05, 3.63) is 23.5 Å². The first-order valence-corrected chi connectivity index (χ1v) is 12.1. The molecule has 8 nitrogen and oxygen atoms in total. The minimum atomic E-state index is -0.481. The third kappa shape index (κ3) is 4.71. The number of hydrogen-bond donors (Lipinski definition) is 2. The number of aromatic amines is 1. The molecule has 2 aromatic rings. The number of ether oxygens (including phenoxy) is 1. The minimum absolute atomic E-state index is 0.0503. The topological polar surface area (TPSA) is 90.6 Å². The van der Waals surface area contributed by atoms with Crippen LogP contribution in [-0.2, 0) is 4.74 Å². The van der Waals surface area contributed by atoms with Crippen LogP contribution >= 0.6 is 0 Å². The number of Topliss-reactive ketones (excluding diaryl/α,β-unsaturated/α-hetero) is 1. The first kappa shape index (κ1) is 23.5. The molecule has 2 fully saturated rings. The molecule has 2 N–H and O–H groups in total. The molecule has 1 aliphatic heterocycles. The normalized spacial score (nSPS) is 26.4. The number of carbonyl (C=O) groups is 2. The number of likely N-dealkylation sites (N-methyl/N-ethyl adjacent to an activating group) is 1. The van der Waals surface area contributed by atoms with Gasteiger partial charge in [0.05, 0.1) is 18.1 Å². The summed E-state index contributed by atoms with van der Waals surface area (Å²) in [5.41, 5.74) is 3.67. The molecule has 0 unspecified atom stereocenters. The molecule has 1 aromatic heterocycles. The van der Waals surface area contributed by atoms with Crippen LogP contribution in [0.3, 0.4) is 0 Å². The number of benzene rings is 1. The molecule has 0 spiro atoms. The summed E-state index contributed by atoms with van der Waals surface area (Å²) in [5, 5.41) is 2.86. The van der Waals surface area contributed by atoms with Crippen molar-refractivity contribution in [3.63, 3.8) is 0 Å². The molecule has 2 aliphatic rings. The summed E-state index contributed by atoms with van der Waals surface area (Å²) >= 11 is 0. The van der Waals surface area contributed by atoms with Crippen LogP contribution < -0.4 is 10.2 Å². The third-order valence-corrected chi connectivity index (χ3v) is 7.63. The zero-order valence-corrected chi connectivity index (χ0v) is 20.5. The monoisotopic (exact) mass is 455 g/mol. The number of carbonyl (C=O) groups excluding carboxylic acids is 2. The number of ketones is 1. The number of aromatic nitrogens is 2. The number of piperazine rings is 1. The minimum Gasteiger partial charge on any atom is -0.453 e. The maximum atomic E-state index is 13.4. The highest BCUT2D eigenvalue weighted by Crippen LogP contribution is 2.39. The lowest BCUT2D eigenvalue weighted by atomic mass is 9.71. The number of H-pyrrole nitrogens is 1. The van der Waals surface area contributed by atoms with Crippen molar-refractivity contribution >= 4 is 28.6 Å². The number of aryl methyl sites for hydroxylation is 1. The smallest absolute Gasteiger partial charge is 0.407 e. The molecule has 8 heteroatoms. The molecule has 1 saturated heterocycles. The lowest BCUT2D eigenvalue weighted by Gasteiger charge is -2.41. The van der Waals surface area contributed by atoms with E-state index in [-0.39, 0.29) is 11.8 Å². The number of nitrogens with zero attached hydrogens (tertiary/aromatic N) is 3. The second kappa shape index (κ2) is 9.33. The second-order valence-electron chi connectivity index (χ2n) is 9.98. The number of rotatable bonds is 5. The van der Waals surface area contributed by atoms with Crippen molar-refractivity contribution in [1.29, 1.82) is 0 Å². The molecule has 1 saturated carbocycles. The number of anilines is 1. The molecule has 33 heavy (non-hydrogen) atoms. The van der Waals surface area contributed by atoms with Crippen molar-refractivity contribution in [3.8, 4) is 0 Å². The maximum absolute atomic E-state index is 13.4. The number of amides is 1. The van der Waals surface area contributed by atoms with E-state index in [1.54, 1.807) is 0 Å². The van der Waals surface area contributed by atoms with Crippen molar-refractivity contribution in [1.82, 2.24) is 20.2 Å². The van der Waals surface area contributed by atoms with Crippen LogP contribution in [0.4, 0.5) is 10.5 Å². The standard InChI is InChI=1S/C25H37N5O3/c1-6-29-11-12-30(17(3)15-29)21-14-20-19(13-16(21)2)27-23(28-20)22(31)25(4)9-7-18(8-10-25)26-24(32)33-5/h13-14,17-18H,6-12,15H2,1-5H3,(H,26,32)(H,27,28)/t17-,18?,25?/m1/s1. The fraction of sp³-hybridized carbons (Fsp3) is 0.640. The van der Waals surface area contributed by atoms with Gasteiger partial charge < -0.3 is 19.9 Å². The molecule has 0 radical (unpaired) electrons. The Hall–Kier alpha value is -2.61. The Bertz CT molecular complexity index is 1020. The van der Waals surface area contributed by atoms with E-state index in [2.05, 4.69) is 58.0 Å². The summed E-state index contributed by atoms with van der Waals surface area (Å²) in [6.45, 7) is 12.8. The molecule has 1 aromatic carbocycles. The summed E-state index contributed by atoms with van der Waals surface area (Å²) in [6.07, 6.45) is 2.51. The second-order valence-corrected chi connectivity index (χ2v) is 9.98. The van der Waals surface area contributed by atoms with E-state index in [1.165, 1.54) is 18.4 Å². The first-order chi connectivity index (χ1) is 15.7. The number of imidazole rings is 1. The van der Waals surface area contributed by atoms with E-state index >= 15 is 0 Å². The van der Waals surface area contributed by atoms with Crippen LogP contribution in [-0.4, -0.2) is 72.1 Å². The molecule has 1 amide bonds. The van der Waals surface area contributed by atoms with Crippen LogP contribution in [0.15, 0.2) is 12.1 Å². The lowest BCUT2D eigenvalue weighted by molar-refractivity contribution is 0.0715. The van der Waals surface area contributed by atoms with Crippen molar-refractivity contribution in [2.75, 3.05) is 38.2 Å². The Kier molecular flexibility index (Phi) is 6.66. The Morgan fingerprint density at radius 2 is 2.00 bits per heavy atom. The van der Waals surface area contributed by atoms with Crippen LogP contribution in [0.25, 0.3) is 11.0 Å². The van der Waals surface area contributed by atoms with Crippen LogP contribution in [0, 0.1) is 12.3 Å². The zero-order valence-electron chi connectivity index (χ0n) is 20.5. The fourth-order valence-electron chi connectivity index (χ4n) is 5.38. The average molecular weight is 456 g/mol. The molecule has 1 aliphatic carbocycles. The number of alkyl carbamates (subject to hydrolysis) is 1. The molecule has 2 heterocycles. The van der Waals surface area contributed by atoms with Gasteiger partial charge in [0.25, 0.3) is 0 Å². The molecular formula is C25H37N5O3. The summed E-state index contributed by atoms with van der Waals surface area (Å²) in [5.74, 6) is 0.492. The number of fused-ring (bicyclic) bond motifs is 1. The highest BCUT2D eigenvalue weighted by atomic mass is 16.5. The zero-order chi connectivity index (χ0) is 23.8. The van der Waals surface area contributed by atoms with Gasteiger partial charge >= 0.3 is 6.09 Å². The van der Waals surface area contributed by atoms with Crippen LogP contribution in [0.1, 0.15) is 62.6 Å². The predicted octanol–water partition coefficient (Wildman–Crippen LogP) is 3.89. The van der Waals surface area contributed by atoms with Crippen molar-refractivity contribution in [2.45, 2.75) is 65.5 Å². The fourth-order valence-corrected chi connectivity index (χ4v) is 5.38. The van der Waals surface area contributed by atoms with Gasteiger partial charge in [-0.2, -0.15) is 0 Å². The van der Waals surface area contributed by atoms with Gasteiger partial charge in [0.2, 0.25) is 5.78 Å². The van der Waals surface area contributed by atoms with Crippen molar-refractivity contribution in [2.24, 2.45) is 5.41 Å². The lowest BCUT2D eigenvalue weighted by Crippen LogP contribution is -2.52. The molecule has 4 rings (SSSR count). The van der Waals surface area contributed by atoms with Crippen LogP contribution in [0.5, 0.6) is 0 Å². The highest BCUT2D eigenvalue weighted by Gasteiger charge is 2.39. The molecular weight excluding hydrogens is 418 g/mol. The van der Waals surface area contributed by atoms with Gasteiger partial charge in [-0.05, 0) is 63.8 Å². The Morgan fingerprint density at radius 3 is 2.64 bits per heavy atom. The van der Waals surface area contributed by atoms with Gasteiger partial charge in [-0.1, -0.05) is 13.8 Å². The molecule has 180 valence electrons. The first-order valence-electron chi connectivity index (χ1n) is 12.1. The van der Waals surface area contributed by atoms with E-state index in [1.807, 2.05) is 6.92 Å². The summed E-state index contributed by atoms with van der Waals surface area (Å²) in [6, 6.07) is 4.74. The van der Waals surface area contributed by atoms with Gasteiger partial charge in [0, 0.05) is 42.8 Å². The predicted molar refractivity (Wildman–Crippen MR) is 130 cm³/mol. The Labute approximate surface area is 196 Å². The largest absolute Gasteiger partial charge is 0.453 e. The van der Waals surface area contributed by atoms with E-state index < -0.39 is 11.5 Å². The van der Waals surface area contributed by atoms with Crippen LogP contribution in [0.2, 0.25) is 0 Å². The van der Waals surface area contributed by atoms with Gasteiger partial charge in [-0.15, -0.1) is 0 Å². The van der Waals surface area contributed by atoms with Gasteiger partial charge in [-0.25, -0.2) is 9.78 Å². The number of nitrogens with one attached hydrogen (secondary N) is 2. The number of hydrogen-bond acceptors (Lipinski definition) is 6. The summed E-state index contributed by atoms with van der Waals surface area (Å²) in [4.78, 5) is 37.9. The number of methoxy groups -OCH3 is 1. The van der Waals surface area contributed by atoms with E-state index in [4.69, 9.17) is 4.74 Å². The third-order valence-electron chi connectivity index (χ3n) is 7.63. The highest BCUT2D eigenvalue weighted by molar-refractivity contribution is 6.00. The van der Waals surface area contributed by atoms with Gasteiger partial charge in [0.15, 0.2) is 5.82 Å². The van der Waals surface area contributed by atoms with Crippen molar-refractivity contribution < 1.29 is 14.3 Å². The molecule has 1 atom stereocenters. The average Bonchev–Trinajstić information content (AvgIpc) is 3.22. The summed E-state index contributed by atoms with van der Waals surface area (Å²) in [7, 11) is 1.37. The van der Waals surface area contributed by atoms with E-state index in [9.17, 15) is 9.59 Å². The Balaban J connectivity index is 1.51. The quantitative estimate of drug-likeness (QED) is 0.665. The van der Waals surface area contributed by atoms with E-state index in [0.717, 1.165) is 50.1 Å². The summed E-state index contributed by atoms with van der Waals surface area (Å²) < 4.78 is 4.70. The van der Waals surface area contributed by atoms with Gasteiger partial charge in [0.1, 0.15) is 0 Å². The Morgan fingerprint density at radius 1 is 1.27 bits per heavy atom. The van der Waals surface area contributed by atoms with Gasteiger partial charge in [-0.3, -0.25) is 9.69 Å². The molecule has 0 bridgehead atoms. The van der Waals surface area contributed by atoms with E-state index in [0.29, 0.717) is 24.7 Å². The maximum Gasteiger partial charge on any atom is 0.407 e.